The summed E-state index contributed by atoms with van der Waals surface area (Å²) in [4.78, 5) is 35.0. The third kappa shape index (κ3) is 5.96. The van der Waals surface area contributed by atoms with Crippen LogP contribution in [0.5, 0.6) is 0 Å². The molecule has 1 aromatic heterocycles. The lowest BCUT2D eigenvalue weighted by atomic mass is 10.3. The van der Waals surface area contributed by atoms with Crippen LogP contribution >= 0.6 is 11.8 Å². The van der Waals surface area contributed by atoms with Crippen LogP contribution in [0.1, 0.15) is 13.8 Å². The second kappa shape index (κ2) is 8.34. The molecule has 1 heterocycles. The molecule has 0 aliphatic rings. The molecule has 0 radical (unpaired) electrons. The predicted octanol–water partition coefficient (Wildman–Crippen LogP) is 1.45. The van der Waals surface area contributed by atoms with E-state index >= 15 is 0 Å². The number of rotatable bonds is 7. The molecule has 2 rings (SSSR count). The van der Waals surface area contributed by atoms with Gasteiger partial charge in [0.1, 0.15) is 6.54 Å². The van der Waals surface area contributed by atoms with E-state index in [2.05, 4.69) is 15.7 Å². The van der Waals surface area contributed by atoms with Gasteiger partial charge in [0.05, 0.1) is 17.1 Å². The second-order valence-electron chi connectivity index (χ2n) is 5.35. The first-order valence-corrected chi connectivity index (χ1v) is 8.37. The third-order valence-electron chi connectivity index (χ3n) is 3.08. The van der Waals surface area contributed by atoms with E-state index in [1.54, 1.807) is 25.3 Å². The number of nitrogens with two attached hydrogens (primary N) is 1. The minimum absolute atomic E-state index is 0.0409. The molecule has 0 spiro atoms. The van der Waals surface area contributed by atoms with Crippen molar-refractivity contribution in [2.45, 2.75) is 30.5 Å². The van der Waals surface area contributed by atoms with Crippen LogP contribution in [0.15, 0.2) is 41.6 Å². The topological polar surface area (TPSA) is 119 Å². The normalized spacial score (nSPS) is 11.6. The van der Waals surface area contributed by atoms with Crippen molar-refractivity contribution in [1.29, 1.82) is 0 Å². The maximum atomic E-state index is 12.2. The van der Waals surface area contributed by atoms with Crippen molar-refractivity contribution in [1.82, 2.24) is 9.78 Å². The number of anilines is 2. The number of hydrogen-bond acceptors (Lipinski definition) is 5. The van der Waals surface area contributed by atoms with E-state index in [9.17, 15) is 14.4 Å². The van der Waals surface area contributed by atoms with E-state index in [0.717, 1.165) is 4.90 Å². The number of hydrogen-bond donors (Lipinski definition) is 3. The Morgan fingerprint density at radius 2 is 1.88 bits per heavy atom. The van der Waals surface area contributed by atoms with Crippen molar-refractivity contribution in [3.8, 4) is 0 Å². The average molecular weight is 361 g/mol. The van der Waals surface area contributed by atoms with Gasteiger partial charge in [-0.3, -0.25) is 19.1 Å². The van der Waals surface area contributed by atoms with E-state index < -0.39 is 5.91 Å². The van der Waals surface area contributed by atoms with E-state index in [1.807, 2.05) is 12.1 Å². The van der Waals surface area contributed by atoms with E-state index in [4.69, 9.17) is 5.73 Å². The fourth-order valence-electron chi connectivity index (χ4n) is 2.00. The minimum Gasteiger partial charge on any atom is -0.368 e. The van der Waals surface area contributed by atoms with Gasteiger partial charge in [-0.1, -0.05) is 0 Å². The number of thioether (sulfide) groups is 1. The van der Waals surface area contributed by atoms with Crippen LogP contribution in [0.3, 0.4) is 0 Å². The number of carbonyl (C=O) groups excluding carboxylic acids is 3. The molecule has 1 aromatic carbocycles. The Labute approximate surface area is 149 Å². The molecule has 9 heteroatoms. The Hall–Kier alpha value is -2.81. The van der Waals surface area contributed by atoms with Crippen molar-refractivity contribution >= 4 is 40.9 Å². The fraction of sp³-hybridized carbons (Fsp3) is 0.250. The van der Waals surface area contributed by atoms with Gasteiger partial charge in [-0.15, -0.1) is 11.8 Å². The summed E-state index contributed by atoms with van der Waals surface area (Å²) >= 11 is 1.39. The molecule has 0 aliphatic heterocycles. The van der Waals surface area contributed by atoms with Gasteiger partial charge in [-0.05, 0) is 31.2 Å². The molecule has 2 aromatic rings. The van der Waals surface area contributed by atoms with E-state index in [-0.39, 0.29) is 23.6 Å². The van der Waals surface area contributed by atoms with Gasteiger partial charge >= 0.3 is 0 Å². The van der Waals surface area contributed by atoms with Gasteiger partial charge in [0, 0.05) is 23.7 Å². The molecular weight excluding hydrogens is 342 g/mol. The Morgan fingerprint density at radius 3 is 2.48 bits per heavy atom. The molecule has 0 saturated carbocycles. The maximum Gasteiger partial charge on any atom is 0.239 e. The Morgan fingerprint density at radius 1 is 1.20 bits per heavy atom. The molecule has 1 unspecified atom stereocenters. The van der Waals surface area contributed by atoms with Crippen molar-refractivity contribution in [2.24, 2.45) is 5.73 Å². The molecule has 0 bridgehead atoms. The van der Waals surface area contributed by atoms with Gasteiger partial charge < -0.3 is 16.4 Å². The Bertz CT molecular complexity index is 772. The highest BCUT2D eigenvalue weighted by atomic mass is 32.2. The van der Waals surface area contributed by atoms with Crippen LogP contribution < -0.4 is 16.4 Å². The number of benzene rings is 1. The number of nitrogens with one attached hydrogen (secondary N) is 2. The number of primary amides is 1. The van der Waals surface area contributed by atoms with Gasteiger partial charge in [0.15, 0.2) is 0 Å². The average Bonchev–Trinajstić information content (AvgIpc) is 2.94. The summed E-state index contributed by atoms with van der Waals surface area (Å²) < 4.78 is 1.36. The highest BCUT2D eigenvalue weighted by molar-refractivity contribution is 8.00. The van der Waals surface area contributed by atoms with Crippen molar-refractivity contribution in [2.75, 3.05) is 10.6 Å². The highest BCUT2D eigenvalue weighted by Gasteiger charge is 2.15. The van der Waals surface area contributed by atoms with Crippen LogP contribution in [0.4, 0.5) is 11.4 Å². The van der Waals surface area contributed by atoms with E-state index in [0.29, 0.717) is 11.4 Å². The first kappa shape index (κ1) is 18.5. The quantitative estimate of drug-likeness (QED) is 0.645. The van der Waals surface area contributed by atoms with Gasteiger partial charge in [0.2, 0.25) is 17.7 Å². The molecule has 0 aliphatic carbocycles. The zero-order chi connectivity index (χ0) is 18.4. The smallest absolute Gasteiger partial charge is 0.239 e. The number of nitrogens with zero attached hydrogens (tertiary/aromatic N) is 2. The van der Waals surface area contributed by atoms with E-state index in [1.165, 1.54) is 29.6 Å². The summed E-state index contributed by atoms with van der Waals surface area (Å²) in [6.45, 7) is 3.19. The van der Waals surface area contributed by atoms with Crippen LogP contribution in [-0.4, -0.2) is 32.8 Å². The van der Waals surface area contributed by atoms with Gasteiger partial charge in [0.25, 0.3) is 0 Å². The summed E-state index contributed by atoms with van der Waals surface area (Å²) in [5, 5.41) is 9.03. The van der Waals surface area contributed by atoms with Crippen molar-refractivity contribution in [3.05, 3.63) is 36.7 Å². The molecule has 0 saturated heterocycles. The van der Waals surface area contributed by atoms with Gasteiger partial charge in [-0.2, -0.15) is 5.10 Å². The Balaban J connectivity index is 1.90. The summed E-state index contributed by atoms with van der Waals surface area (Å²) in [7, 11) is 0. The molecule has 3 amide bonds. The minimum atomic E-state index is -0.507. The van der Waals surface area contributed by atoms with Crippen molar-refractivity contribution in [3.63, 3.8) is 0 Å². The maximum absolute atomic E-state index is 12.2. The largest absolute Gasteiger partial charge is 0.368 e. The summed E-state index contributed by atoms with van der Waals surface area (Å²) in [5.41, 5.74) is 6.30. The van der Waals surface area contributed by atoms with Crippen LogP contribution in [0.2, 0.25) is 0 Å². The number of aromatic nitrogens is 2. The summed E-state index contributed by atoms with van der Waals surface area (Å²) in [6.07, 6.45) is 3.00. The van der Waals surface area contributed by atoms with Gasteiger partial charge in [-0.25, -0.2) is 0 Å². The molecule has 8 nitrogen and oxygen atoms in total. The van der Waals surface area contributed by atoms with Crippen LogP contribution in [-0.2, 0) is 20.9 Å². The molecule has 4 N–H and O–H groups in total. The highest BCUT2D eigenvalue weighted by Crippen LogP contribution is 2.25. The zero-order valence-corrected chi connectivity index (χ0v) is 14.7. The third-order valence-corrected chi connectivity index (χ3v) is 4.19. The zero-order valence-electron chi connectivity index (χ0n) is 13.9. The van der Waals surface area contributed by atoms with Crippen LogP contribution in [0, 0.1) is 0 Å². The first-order chi connectivity index (χ1) is 11.8. The fourth-order valence-corrected chi connectivity index (χ4v) is 2.86. The lowest BCUT2D eigenvalue weighted by molar-refractivity contribution is -0.119. The molecule has 132 valence electrons. The Kier molecular flexibility index (Phi) is 6.18. The first-order valence-electron chi connectivity index (χ1n) is 7.49. The summed E-state index contributed by atoms with van der Waals surface area (Å²) in [6, 6.07) is 7.24. The second-order valence-corrected chi connectivity index (χ2v) is 6.76. The summed E-state index contributed by atoms with van der Waals surface area (Å²) in [5.74, 6) is -0.827. The molecule has 0 fully saturated rings. The van der Waals surface area contributed by atoms with Crippen LogP contribution in [0.25, 0.3) is 0 Å². The number of amides is 3. The standard InChI is InChI=1S/C16H19N5O3S/c1-10(25-14-5-3-12(4-6-14)19-11(2)22)16(24)20-13-7-18-21(8-13)9-15(17)23/h3-8,10H,9H2,1-2H3,(H2,17,23)(H,19,22)(H,20,24). The predicted molar refractivity (Wildman–Crippen MR) is 96.1 cm³/mol. The molecule has 25 heavy (non-hydrogen) atoms. The lowest BCUT2D eigenvalue weighted by Gasteiger charge is -2.11. The van der Waals surface area contributed by atoms with Crippen molar-refractivity contribution < 1.29 is 14.4 Å². The molecular formula is C16H19N5O3S. The SMILES string of the molecule is CC(=O)Nc1ccc(SC(C)C(=O)Nc2cnn(CC(N)=O)c2)cc1. The monoisotopic (exact) mass is 361 g/mol. The lowest BCUT2D eigenvalue weighted by Crippen LogP contribution is -2.22. The number of carbonyl (C=O) groups is 3. The molecule has 1 atom stereocenters.